The van der Waals surface area contributed by atoms with Crippen LogP contribution in [0.3, 0.4) is 0 Å². The van der Waals surface area contributed by atoms with Crippen LogP contribution in [0.15, 0.2) is 24.7 Å². The molecule has 0 aliphatic rings. The minimum atomic E-state index is 0.786. The Balaban J connectivity index is 2.07. The van der Waals surface area contributed by atoms with Gasteiger partial charge in [0.15, 0.2) is 5.82 Å². The SMILES string of the molecule is Cc1cc2c(Nc3cn(C)nc3C)nccn2n1. The zero-order valence-corrected chi connectivity index (χ0v) is 10.5. The molecule has 0 saturated carbocycles. The van der Waals surface area contributed by atoms with E-state index in [0.717, 1.165) is 28.4 Å². The summed E-state index contributed by atoms with van der Waals surface area (Å²) >= 11 is 0. The van der Waals surface area contributed by atoms with E-state index in [9.17, 15) is 0 Å². The summed E-state index contributed by atoms with van der Waals surface area (Å²) < 4.78 is 3.59. The van der Waals surface area contributed by atoms with Gasteiger partial charge in [0.05, 0.1) is 17.1 Å². The van der Waals surface area contributed by atoms with Crippen LogP contribution >= 0.6 is 0 Å². The van der Waals surface area contributed by atoms with Gasteiger partial charge in [0, 0.05) is 25.6 Å². The average Bonchev–Trinajstić information content (AvgIpc) is 2.82. The predicted octanol–water partition coefficient (Wildman–Crippen LogP) is 1.82. The lowest BCUT2D eigenvalue weighted by molar-refractivity contribution is 0.756. The first kappa shape index (κ1) is 10.8. The van der Waals surface area contributed by atoms with E-state index in [2.05, 4.69) is 20.5 Å². The molecule has 0 atom stereocenters. The van der Waals surface area contributed by atoms with Gasteiger partial charge < -0.3 is 5.32 Å². The molecule has 0 aliphatic carbocycles. The Kier molecular flexibility index (Phi) is 2.29. The molecule has 3 rings (SSSR count). The molecular weight excluding hydrogens is 228 g/mol. The maximum Gasteiger partial charge on any atom is 0.156 e. The van der Waals surface area contributed by atoms with Gasteiger partial charge in [0.2, 0.25) is 0 Å². The summed E-state index contributed by atoms with van der Waals surface area (Å²) in [7, 11) is 1.90. The summed E-state index contributed by atoms with van der Waals surface area (Å²) in [6, 6.07) is 2.00. The number of nitrogens with zero attached hydrogens (tertiary/aromatic N) is 5. The van der Waals surface area contributed by atoms with Crippen molar-refractivity contribution in [3.63, 3.8) is 0 Å². The molecule has 0 aromatic carbocycles. The molecule has 6 nitrogen and oxygen atoms in total. The molecule has 3 aromatic heterocycles. The zero-order valence-electron chi connectivity index (χ0n) is 10.5. The van der Waals surface area contributed by atoms with Gasteiger partial charge in [0.25, 0.3) is 0 Å². The second-order valence-electron chi connectivity index (χ2n) is 4.32. The van der Waals surface area contributed by atoms with Crippen LogP contribution in [0.25, 0.3) is 5.52 Å². The molecule has 0 radical (unpaired) electrons. The fourth-order valence-electron chi connectivity index (χ4n) is 1.99. The summed E-state index contributed by atoms with van der Waals surface area (Å²) in [4.78, 5) is 4.36. The van der Waals surface area contributed by atoms with Gasteiger partial charge in [-0.25, -0.2) is 9.50 Å². The Morgan fingerprint density at radius 3 is 2.78 bits per heavy atom. The van der Waals surface area contributed by atoms with Crippen molar-refractivity contribution in [3.05, 3.63) is 36.0 Å². The van der Waals surface area contributed by atoms with Crippen LogP contribution < -0.4 is 5.32 Å². The van der Waals surface area contributed by atoms with Crippen molar-refractivity contribution in [2.45, 2.75) is 13.8 Å². The standard InChI is InChI=1S/C12H14N6/c1-8-6-11-12(13-4-5-18(11)15-8)14-10-7-17(3)16-9(10)2/h4-7H,1-3H3,(H,13,14). The van der Waals surface area contributed by atoms with Gasteiger partial charge in [0.1, 0.15) is 5.52 Å². The highest BCUT2D eigenvalue weighted by Gasteiger charge is 2.08. The minimum Gasteiger partial charge on any atom is -0.336 e. The van der Waals surface area contributed by atoms with Crippen LogP contribution in [0.2, 0.25) is 0 Å². The molecule has 0 saturated heterocycles. The van der Waals surface area contributed by atoms with Gasteiger partial charge in [-0.2, -0.15) is 10.2 Å². The Bertz CT molecular complexity index is 709. The van der Waals surface area contributed by atoms with Gasteiger partial charge in [-0.3, -0.25) is 4.68 Å². The molecule has 92 valence electrons. The van der Waals surface area contributed by atoms with Crippen LogP contribution in [0, 0.1) is 13.8 Å². The number of anilines is 2. The first-order valence-corrected chi connectivity index (χ1v) is 5.72. The van der Waals surface area contributed by atoms with E-state index in [1.165, 1.54) is 0 Å². The number of hydrogen-bond acceptors (Lipinski definition) is 4. The maximum atomic E-state index is 4.36. The smallest absolute Gasteiger partial charge is 0.156 e. The summed E-state index contributed by atoms with van der Waals surface area (Å²) in [5.41, 5.74) is 3.82. The molecule has 0 unspecified atom stereocenters. The Labute approximate surface area is 104 Å². The molecular formula is C12H14N6. The third-order valence-electron chi connectivity index (χ3n) is 2.78. The Morgan fingerprint density at radius 2 is 2.06 bits per heavy atom. The quantitative estimate of drug-likeness (QED) is 0.744. The second-order valence-corrected chi connectivity index (χ2v) is 4.32. The van der Waals surface area contributed by atoms with Gasteiger partial charge in [-0.15, -0.1) is 0 Å². The highest BCUT2D eigenvalue weighted by molar-refractivity contribution is 5.73. The molecule has 6 heteroatoms. The van der Waals surface area contributed by atoms with E-state index in [4.69, 9.17) is 0 Å². The van der Waals surface area contributed by atoms with E-state index < -0.39 is 0 Å². The van der Waals surface area contributed by atoms with Crippen LogP contribution in [0.4, 0.5) is 11.5 Å². The molecule has 3 heterocycles. The molecule has 0 amide bonds. The van der Waals surface area contributed by atoms with E-state index in [1.807, 2.05) is 43.9 Å². The third kappa shape index (κ3) is 1.71. The predicted molar refractivity (Wildman–Crippen MR) is 69.0 cm³/mol. The summed E-state index contributed by atoms with van der Waals surface area (Å²) in [6.45, 7) is 3.93. The molecule has 18 heavy (non-hydrogen) atoms. The van der Waals surface area contributed by atoms with Crippen molar-refractivity contribution in [1.29, 1.82) is 0 Å². The van der Waals surface area contributed by atoms with Crippen LogP contribution in [0.1, 0.15) is 11.4 Å². The summed E-state index contributed by atoms with van der Waals surface area (Å²) in [5, 5.41) is 11.9. The topological polar surface area (TPSA) is 60.0 Å². The lowest BCUT2D eigenvalue weighted by atomic mass is 10.3. The summed E-state index contributed by atoms with van der Waals surface area (Å²) in [6.07, 6.45) is 5.50. The Morgan fingerprint density at radius 1 is 1.22 bits per heavy atom. The number of fused-ring (bicyclic) bond motifs is 1. The number of hydrogen-bond donors (Lipinski definition) is 1. The number of aromatic nitrogens is 5. The molecule has 0 aliphatic heterocycles. The fourth-order valence-corrected chi connectivity index (χ4v) is 1.99. The van der Waals surface area contributed by atoms with Crippen LogP contribution in [-0.4, -0.2) is 24.4 Å². The monoisotopic (exact) mass is 242 g/mol. The number of nitrogens with one attached hydrogen (secondary N) is 1. The van der Waals surface area contributed by atoms with Gasteiger partial charge in [-0.1, -0.05) is 0 Å². The third-order valence-corrected chi connectivity index (χ3v) is 2.78. The first-order valence-electron chi connectivity index (χ1n) is 5.72. The van der Waals surface area contributed by atoms with E-state index in [1.54, 1.807) is 10.9 Å². The average molecular weight is 242 g/mol. The van der Waals surface area contributed by atoms with Crippen LogP contribution in [0.5, 0.6) is 0 Å². The second kappa shape index (κ2) is 3.83. The normalized spacial score (nSPS) is 11.1. The van der Waals surface area contributed by atoms with Crippen molar-refractivity contribution in [2.24, 2.45) is 7.05 Å². The van der Waals surface area contributed by atoms with Crippen LogP contribution in [-0.2, 0) is 7.05 Å². The minimum absolute atomic E-state index is 0.786. The first-order chi connectivity index (χ1) is 8.63. The van der Waals surface area contributed by atoms with Crippen molar-refractivity contribution in [3.8, 4) is 0 Å². The number of rotatable bonds is 2. The van der Waals surface area contributed by atoms with Crippen molar-refractivity contribution >= 4 is 17.0 Å². The lowest BCUT2D eigenvalue weighted by Gasteiger charge is -2.04. The fraction of sp³-hybridized carbons (Fsp3) is 0.250. The molecule has 0 fully saturated rings. The number of aryl methyl sites for hydroxylation is 3. The molecule has 1 N–H and O–H groups in total. The van der Waals surface area contributed by atoms with E-state index in [-0.39, 0.29) is 0 Å². The molecule has 0 spiro atoms. The zero-order chi connectivity index (χ0) is 12.7. The highest BCUT2D eigenvalue weighted by Crippen LogP contribution is 2.21. The highest BCUT2D eigenvalue weighted by atomic mass is 15.3. The summed E-state index contributed by atoms with van der Waals surface area (Å²) in [5.74, 6) is 0.786. The largest absolute Gasteiger partial charge is 0.336 e. The maximum absolute atomic E-state index is 4.36. The van der Waals surface area contributed by atoms with E-state index >= 15 is 0 Å². The molecule has 0 bridgehead atoms. The van der Waals surface area contributed by atoms with E-state index in [0.29, 0.717) is 0 Å². The van der Waals surface area contributed by atoms with Crippen molar-refractivity contribution < 1.29 is 0 Å². The van der Waals surface area contributed by atoms with Gasteiger partial charge in [-0.05, 0) is 19.9 Å². The molecule has 3 aromatic rings. The Hall–Kier alpha value is -2.37. The lowest BCUT2D eigenvalue weighted by Crippen LogP contribution is -1.97. The van der Waals surface area contributed by atoms with Gasteiger partial charge >= 0.3 is 0 Å². The van der Waals surface area contributed by atoms with Crippen molar-refractivity contribution in [1.82, 2.24) is 24.4 Å². The van der Waals surface area contributed by atoms with Crippen molar-refractivity contribution in [2.75, 3.05) is 5.32 Å².